The number of nitrogens with one attached hydrogen (secondary N) is 1. The molecule has 0 aliphatic carbocycles. The molecule has 0 atom stereocenters. The van der Waals surface area contributed by atoms with Crippen LogP contribution in [0.15, 0.2) is 48.5 Å². The van der Waals surface area contributed by atoms with Crippen LogP contribution < -0.4 is 15.0 Å². The molecule has 3 rings (SSSR count). The van der Waals surface area contributed by atoms with E-state index in [4.69, 9.17) is 4.74 Å². The molecule has 2 aromatic rings. The second-order valence-electron chi connectivity index (χ2n) is 6.08. The fraction of sp³-hybridized carbons (Fsp3) is 0.300. The van der Waals surface area contributed by atoms with Crippen molar-refractivity contribution in [3.05, 3.63) is 59.7 Å². The van der Waals surface area contributed by atoms with Crippen LogP contribution in [0.5, 0.6) is 5.75 Å². The highest BCUT2D eigenvalue weighted by atomic mass is 16.5. The van der Waals surface area contributed by atoms with Gasteiger partial charge < -0.3 is 15.0 Å². The summed E-state index contributed by atoms with van der Waals surface area (Å²) >= 11 is 0. The minimum absolute atomic E-state index is 0.0324. The molecule has 0 fully saturated rings. The van der Waals surface area contributed by atoms with Gasteiger partial charge in [0.15, 0.2) is 6.61 Å². The molecule has 5 heteroatoms. The summed E-state index contributed by atoms with van der Waals surface area (Å²) in [6.45, 7) is 2.77. The first kappa shape index (κ1) is 17.0. The maximum Gasteiger partial charge on any atom is 0.258 e. The smallest absolute Gasteiger partial charge is 0.258 e. The van der Waals surface area contributed by atoms with E-state index in [1.54, 1.807) is 4.90 Å². The van der Waals surface area contributed by atoms with Gasteiger partial charge in [-0.1, -0.05) is 36.4 Å². The Hall–Kier alpha value is -2.82. The molecule has 0 unspecified atom stereocenters. The molecule has 0 saturated heterocycles. The quantitative estimate of drug-likeness (QED) is 0.880. The van der Waals surface area contributed by atoms with Crippen LogP contribution in [-0.4, -0.2) is 31.5 Å². The highest BCUT2D eigenvalue weighted by molar-refractivity contribution is 5.96. The summed E-state index contributed by atoms with van der Waals surface area (Å²) in [7, 11) is 0. The van der Waals surface area contributed by atoms with Crippen LogP contribution >= 0.6 is 0 Å². The van der Waals surface area contributed by atoms with E-state index in [-0.39, 0.29) is 18.4 Å². The monoisotopic (exact) mass is 338 g/mol. The van der Waals surface area contributed by atoms with Crippen LogP contribution in [0.25, 0.3) is 0 Å². The van der Waals surface area contributed by atoms with Crippen molar-refractivity contribution >= 4 is 17.5 Å². The Kier molecular flexibility index (Phi) is 5.33. The number of benzene rings is 2. The van der Waals surface area contributed by atoms with Gasteiger partial charge in [0.25, 0.3) is 5.91 Å². The molecular formula is C20H22N2O3. The molecule has 0 radical (unpaired) electrons. The van der Waals surface area contributed by atoms with Crippen molar-refractivity contribution in [2.24, 2.45) is 0 Å². The average molecular weight is 338 g/mol. The van der Waals surface area contributed by atoms with Crippen molar-refractivity contribution in [3.8, 4) is 5.75 Å². The predicted molar refractivity (Wildman–Crippen MR) is 96.8 cm³/mol. The molecule has 0 spiro atoms. The van der Waals surface area contributed by atoms with Gasteiger partial charge in [-0.05, 0) is 36.6 Å². The molecule has 1 aliphatic rings. The highest BCUT2D eigenvalue weighted by Crippen LogP contribution is 2.26. The number of fused-ring (bicyclic) bond motifs is 1. The molecule has 0 aromatic heterocycles. The Morgan fingerprint density at radius 2 is 1.88 bits per heavy atom. The first-order valence-electron chi connectivity index (χ1n) is 8.48. The van der Waals surface area contributed by atoms with Crippen molar-refractivity contribution in [2.75, 3.05) is 24.6 Å². The summed E-state index contributed by atoms with van der Waals surface area (Å²) < 4.78 is 5.53. The lowest BCUT2D eigenvalue weighted by Gasteiger charge is -2.29. The van der Waals surface area contributed by atoms with Crippen molar-refractivity contribution < 1.29 is 14.3 Å². The topological polar surface area (TPSA) is 58.6 Å². The summed E-state index contributed by atoms with van der Waals surface area (Å²) in [5.74, 6) is 0.614. The third-order valence-electron chi connectivity index (χ3n) is 4.30. The van der Waals surface area contributed by atoms with E-state index in [0.717, 1.165) is 17.7 Å². The third kappa shape index (κ3) is 4.18. The molecule has 130 valence electrons. The molecule has 1 heterocycles. The Morgan fingerprint density at radius 1 is 1.12 bits per heavy atom. The summed E-state index contributed by atoms with van der Waals surface area (Å²) in [5.41, 5.74) is 3.12. The Morgan fingerprint density at radius 3 is 2.72 bits per heavy atom. The van der Waals surface area contributed by atoms with Crippen LogP contribution in [0.1, 0.15) is 17.5 Å². The molecule has 0 saturated carbocycles. The molecule has 5 nitrogen and oxygen atoms in total. The van der Waals surface area contributed by atoms with Gasteiger partial charge in [0, 0.05) is 25.2 Å². The second kappa shape index (κ2) is 7.83. The fourth-order valence-corrected chi connectivity index (χ4v) is 2.96. The highest BCUT2D eigenvalue weighted by Gasteiger charge is 2.23. The maximum atomic E-state index is 12.2. The molecule has 2 aromatic carbocycles. The van der Waals surface area contributed by atoms with Gasteiger partial charge in [-0.15, -0.1) is 0 Å². The van der Waals surface area contributed by atoms with Gasteiger partial charge in [0.05, 0.1) is 0 Å². The fourth-order valence-electron chi connectivity index (χ4n) is 2.96. The Labute approximate surface area is 147 Å². The van der Waals surface area contributed by atoms with Crippen LogP contribution in [0.3, 0.4) is 0 Å². The number of rotatable bonds is 6. The van der Waals surface area contributed by atoms with E-state index in [9.17, 15) is 9.59 Å². The lowest BCUT2D eigenvalue weighted by Crippen LogP contribution is -2.42. The summed E-state index contributed by atoms with van der Waals surface area (Å²) in [6, 6.07) is 15.5. The number of nitrogens with zero attached hydrogens (tertiary/aromatic N) is 1. The van der Waals surface area contributed by atoms with Crippen molar-refractivity contribution in [1.82, 2.24) is 5.32 Å². The van der Waals surface area contributed by atoms with Crippen LogP contribution in [0, 0.1) is 6.92 Å². The van der Waals surface area contributed by atoms with Gasteiger partial charge in [-0.3, -0.25) is 9.59 Å². The van der Waals surface area contributed by atoms with Crippen molar-refractivity contribution in [1.29, 1.82) is 0 Å². The van der Waals surface area contributed by atoms with E-state index in [1.807, 2.05) is 55.5 Å². The van der Waals surface area contributed by atoms with Gasteiger partial charge in [0.1, 0.15) is 5.75 Å². The average Bonchev–Trinajstić information content (AvgIpc) is 2.63. The zero-order valence-electron chi connectivity index (χ0n) is 14.3. The first-order valence-corrected chi connectivity index (χ1v) is 8.48. The Bertz CT molecular complexity index is 773. The molecular weight excluding hydrogens is 316 g/mol. The van der Waals surface area contributed by atoms with E-state index < -0.39 is 0 Å². The van der Waals surface area contributed by atoms with Gasteiger partial charge in [-0.25, -0.2) is 0 Å². The van der Waals surface area contributed by atoms with Gasteiger partial charge >= 0.3 is 0 Å². The predicted octanol–water partition coefficient (Wildman–Crippen LogP) is 2.47. The number of amides is 2. The van der Waals surface area contributed by atoms with E-state index >= 15 is 0 Å². The molecule has 0 bridgehead atoms. The largest absolute Gasteiger partial charge is 0.484 e. The summed E-state index contributed by atoms with van der Waals surface area (Å²) in [6.07, 6.45) is 1.30. The van der Waals surface area contributed by atoms with Gasteiger partial charge in [-0.2, -0.15) is 0 Å². The lowest BCUT2D eigenvalue weighted by atomic mass is 10.0. The molecule has 1 N–H and O–H groups in total. The number of hydrogen-bond acceptors (Lipinski definition) is 3. The zero-order chi connectivity index (χ0) is 17.6. The number of anilines is 1. The Balaban J connectivity index is 1.49. The number of hydrogen-bond donors (Lipinski definition) is 1. The lowest BCUT2D eigenvalue weighted by molar-refractivity contribution is -0.123. The van der Waals surface area contributed by atoms with E-state index in [2.05, 4.69) is 5.32 Å². The molecule has 2 amide bonds. The number of para-hydroxylation sites is 2. The summed E-state index contributed by atoms with van der Waals surface area (Å²) in [4.78, 5) is 25.9. The SMILES string of the molecule is Cc1ccccc1OCC(=O)NCCN1C(=O)CCc2ccccc21. The minimum atomic E-state index is -0.194. The van der Waals surface area contributed by atoms with Crippen LogP contribution in [0.4, 0.5) is 5.69 Å². The van der Waals surface area contributed by atoms with Crippen LogP contribution in [-0.2, 0) is 16.0 Å². The van der Waals surface area contributed by atoms with Crippen molar-refractivity contribution in [2.45, 2.75) is 19.8 Å². The number of carbonyl (C=O) groups is 2. The molecule has 25 heavy (non-hydrogen) atoms. The normalized spacial score (nSPS) is 13.3. The van der Waals surface area contributed by atoms with Gasteiger partial charge in [0.2, 0.25) is 5.91 Å². The number of aryl methyl sites for hydroxylation is 2. The number of carbonyl (C=O) groups excluding carboxylic acids is 2. The zero-order valence-corrected chi connectivity index (χ0v) is 14.3. The summed E-state index contributed by atoms with van der Waals surface area (Å²) in [5, 5.41) is 2.81. The molecule has 1 aliphatic heterocycles. The second-order valence-corrected chi connectivity index (χ2v) is 6.08. The van der Waals surface area contributed by atoms with E-state index in [0.29, 0.717) is 25.3 Å². The third-order valence-corrected chi connectivity index (χ3v) is 4.30. The first-order chi connectivity index (χ1) is 12.1. The van der Waals surface area contributed by atoms with Crippen molar-refractivity contribution in [3.63, 3.8) is 0 Å². The standard InChI is InChI=1S/C20H22N2O3/c1-15-6-2-5-9-18(15)25-14-19(23)21-12-13-22-17-8-4-3-7-16(17)10-11-20(22)24/h2-9H,10-14H2,1H3,(H,21,23). The maximum absolute atomic E-state index is 12.2. The minimum Gasteiger partial charge on any atom is -0.484 e. The van der Waals surface area contributed by atoms with Crippen LogP contribution in [0.2, 0.25) is 0 Å². The van der Waals surface area contributed by atoms with E-state index in [1.165, 1.54) is 5.56 Å². The number of ether oxygens (including phenoxy) is 1.